The average molecular weight is 401 g/mol. The van der Waals surface area contributed by atoms with E-state index >= 15 is 0 Å². The molecule has 0 N–H and O–H groups in total. The van der Waals surface area contributed by atoms with Crippen molar-refractivity contribution >= 4 is 17.3 Å². The van der Waals surface area contributed by atoms with Crippen LogP contribution in [0.25, 0.3) is 5.69 Å². The Kier molecular flexibility index (Phi) is 5.29. The summed E-state index contributed by atoms with van der Waals surface area (Å²) in [7, 11) is 0. The van der Waals surface area contributed by atoms with Crippen molar-refractivity contribution in [3.05, 3.63) is 75.1 Å². The number of nitro groups is 1. The van der Waals surface area contributed by atoms with Gasteiger partial charge in [0.15, 0.2) is 5.82 Å². The maximum atomic E-state index is 11.7. The summed E-state index contributed by atoms with van der Waals surface area (Å²) < 4.78 is 7.03. The lowest BCUT2D eigenvalue weighted by Crippen LogP contribution is -2.40. The number of benzene rings is 2. The first-order valence-electron chi connectivity index (χ1n) is 8.74. The molecule has 0 amide bonds. The minimum Gasteiger partial charge on any atom is -0.379 e. The van der Waals surface area contributed by atoms with Crippen molar-refractivity contribution in [2.24, 2.45) is 0 Å². The van der Waals surface area contributed by atoms with Gasteiger partial charge in [0.05, 0.1) is 29.4 Å². The molecule has 10 heteroatoms. The maximum Gasteiger partial charge on any atom is 0.274 e. The normalized spacial score (nSPS) is 16.0. The SMILES string of the molecule is O=[N+]([O-])c1ccccc1C(c1nnnn1-c1cccc(Cl)c1)N1CCOCC1. The summed E-state index contributed by atoms with van der Waals surface area (Å²) in [6.45, 7) is 2.30. The van der Waals surface area contributed by atoms with E-state index in [1.54, 1.807) is 41.1 Å². The highest BCUT2D eigenvalue weighted by Gasteiger charge is 2.34. The number of morpholine rings is 1. The molecule has 2 heterocycles. The molecule has 1 unspecified atom stereocenters. The second-order valence-electron chi connectivity index (χ2n) is 6.30. The van der Waals surface area contributed by atoms with Crippen molar-refractivity contribution in [1.29, 1.82) is 0 Å². The van der Waals surface area contributed by atoms with Gasteiger partial charge in [0.1, 0.15) is 6.04 Å². The van der Waals surface area contributed by atoms with Gasteiger partial charge in [0.2, 0.25) is 0 Å². The van der Waals surface area contributed by atoms with Crippen LogP contribution in [0.2, 0.25) is 5.02 Å². The Morgan fingerprint density at radius 3 is 2.68 bits per heavy atom. The van der Waals surface area contributed by atoms with Gasteiger partial charge in [0, 0.05) is 24.2 Å². The lowest BCUT2D eigenvalue weighted by atomic mass is 10.0. The number of hydrogen-bond acceptors (Lipinski definition) is 7. The van der Waals surface area contributed by atoms with Crippen molar-refractivity contribution in [3.8, 4) is 5.69 Å². The standard InChI is InChI=1S/C18H17ClN6O3/c19-13-4-3-5-14(12-13)24-18(20-21-22-24)17(23-8-10-28-11-9-23)15-6-1-2-7-16(15)25(26)27/h1-7,12,17H,8-11H2. The van der Waals surface area contributed by atoms with Crippen LogP contribution >= 0.6 is 11.6 Å². The summed E-state index contributed by atoms with van der Waals surface area (Å²) >= 11 is 6.13. The van der Waals surface area contributed by atoms with Crippen molar-refractivity contribution in [3.63, 3.8) is 0 Å². The van der Waals surface area contributed by atoms with Crippen LogP contribution in [-0.2, 0) is 4.74 Å². The summed E-state index contributed by atoms with van der Waals surface area (Å²) in [5, 5.41) is 24.4. The second kappa shape index (κ2) is 8.01. The average Bonchev–Trinajstić information content (AvgIpc) is 3.19. The van der Waals surface area contributed by atoms with Crippen molar-refractivity contribution in [2.45, 2.75) is 6.04 Å². The first-order chi connectivity index (χ1) is 13.6. The fraction of sp³-hybridized carbons (Fsp3) is 0.278. The largest absolute Gasteiger partial charge is 0.379 e. The van der Waals surface area contributed by atoms with E-state index in [4.69, 9.17) is 16.3 Å². The zero-order chi connectivity index (χ0) is 19.5. The minimum atomic E-state index is -0.500. The number of nitro benzene ring substituents is 1. The molecule has 0 bridgehead atoms. The number of nitrogens with zero attached hydrogens (tertiary/aromatic N) is 6. The van der Waals surface area contributed by atoms with Gasteiger partial charge < -0.3 is 4.74 Å². The van der Waals surface area contributed by atoms with Gasteiger partial charge in [0.25, 0.3) is 5.69 Å². The molecule has 28 heavy (non-hydrogen) atoms. The molecule has 1 aromatic heterocycles. The number of tetrazole rings is 1. The Morgan fingerprint density at radius 1 is 1.14 bits per heavy atom. The van der Waals surface area contributed by atoms with E-state index in [1.165, 1.54) is 6.07 Å². The summed E-state index contributed by atoms with van der Waals surface area (Å²) in [6, 6.07) is 13.3. The predicted octanol–water partition coefficient (Wildman–Crippen LogP) is 2.65. The molecule has 1 atom stereocenters. The molecule has 2 aromatic carbocycles. The third kappa shape index (κ3) is 3.59. The zero-order valence-corrected chi connectivity index (χ0v) is 15.6. The Balaban J connectivity index is 1.87. The second-order valence-corrected chi connectivity index (χ2v) is 6.73. The Bertz CT molecular complexity index is 989. The fourth-order valence-corrected chi connectivity index (χ4v) is 3.56. The fourth-order valence-electron chi connectivity index (χ4n) is 3.38. The van der Waals surface area contributed by atoms with E-state index in [0.29, 0.717) is 48.4 Å². The number of para-hydroxylation sites is 1. The van der Waals surface area contributed by atoms with Crippen LogP contribution in [0.3, 0.4) is 0 Å². The van der Waals surface area contributed by atoms with Crippen molar-refractivity contribution in [1.82, 2.24) is 25.1 Å². The molecular formula is C18H17ClN6O3. The van der Waals surface area contributed by atoms with Crippen LogP contribution in [0.15, 0.2) is 48.5 Å². The minimum absolute atomic E-state index is 0.0274. The quantitative estimate of drug-likeness (QED) is 0.479. The van der Waals surface area contributed by atoms with Crippen LogP contribution in [-0.4, -0.2) is 56.3 Å². The Morgan fingerprint density at radius 2 is 1.93 bits per heavy atom. The van der Waals surface area contributed by atoms with Gasteiger partial charge in [-0.05, 0) is 28.6 Å². The molecule has 1 aliphatic rings. The summed E-state index contributed by atoms with van der Waals surface area (Å²) in [6.07, 6.45) is 0. The first-order valence-corrected chi connectivity index (χ1v) is 9.12. The highest BCUT2D eigenvalue weighted by molar-refractivity contribution is 6.30. The highest BCUT2D eigenvalue weighted by Crippen LogP contribution is 2.34. The highest BCUT2D eigenvalue weighted by atomic mass is 35.5. The molecule has 1 aliphatic heterocycles. The van der Waals surface area contributed by atoms with Crippen LogP contribution in [0, 0.1) is 10.1 Å². The molecular weight excluding hydrogens is 384 g/mol. The maximum absolute atomic E-state index is 11.7. The molecule has 3 aromatic rings. The molecule has 1 saturated heterocycles. The van der Waals surface area contributed by atoms with Crippen LogP contribution in [0.5, 0.6) is 0 Å². The van der Waals surface area contributed by atoms with Gasteiger partial charge >= 0.3 is 0 Å². The van der Waals surface area contributed by atoms with Crippen molar-refractivity contribution in [2.75, 3.05) is 26.3 Å². The Labute approximate surface area is 165 Å². The smallest absolute Gasteiger partial charge is 0.274 e. The predicted molar refractivity (Wildman–Crippen MR) is 101 cm³/mol. The lowest BCUT2D eigenvalue weighted by Gasteiger charge is -2.33. The van der Waals surface area contributed by atoms with E-state index in [0.717, 1.165) is 0 Å². The lowest BCUT2D eigenvalue weighted by molar-refractivity contribution is -0.385. The number of aromatic nitrogens is 4. The molecule has 144 valence electrons. The van der Waals surface area contributed by atoms with Crippen LogP contribution < -0.4 is 0 Å². The molecule has 9 nitrogen and oxygen atoms in total. The van der Waals surface area contributed by atoms with Gasteiger partial charge in [-0.1, -0.05) is 35.9 Å². The van der Waals surface area contributed by atoms with Crippen LogP contribution in [0.1, 0.15) is 17.4 Å². The molecule has 0 spiro atoms. The summed E-state index contributed by atoms with van der Waals surface area (Å²) in [5.74, 6) is 0.485. The number of ether oxygens (including phenoxy) is 1. The number of halogens is 1. The third-order valence-corrected chi connectivity index (χ3v) is 4.86. The van der Waals surface area contributed by atoms with Gasteiger partial charge in [-0.2, -0.15) is 4.68 Å². The van der Waals surface area contributed by atoms with Crippen molar-refractivity contribution < 1.29 is 9.66 Å². The molecule has 0 aliphatic carbocycles. The summed E-state index contributed by atoms with van der Waals surface area (Å²) in [4.78, 5) is 13.4. The van der Waals surface area contributed by atoms with E-state index in [9.17, 15) is 10.1 Å². The monoisotopic (exact) mass is 400 g/mol. The number of hydrogen-bond donors (Lipinski definition) is 0. The van der Waals surface area contributed by atoms with E-state index in [-0.39, 0.29) is 10.6 Å². The van der Waals surface area contributed by atoms with E-state index in [1.807, 2.05) is 6.07 Å². The van der Waals surface area contributed by atoms with Gasteiger partial charge in [-0.3, -0.25) is 15.0 Å². The molecule has 4 rings (SSSR count). The van der Waals surface area contributed by atoms with Gasteiger partial charge in [-0.15, -0.1) is 5.10 Å². The summed E-state index contributed by atoms with van der Waals surface area (Å²) in [5.41, 5.74) is 1.25. The molecule has 0 saturated carbocycles. The van der Waals surface area contributed by atoms with Gasteiger partial charge in [-0.25, -0.2) is 0 Å². The Hall–Kier alpha value is -2.88. The number of rotatable bonds is 5. The van der Waals surface area contributed by atoms with E-state index in [2.05, 4.69) is 20.4 Å². The first kappa shape index (κ1) is 18.5. The topological polar surface area (TPSA) is 99.2 Å². The molecule has 1 fully saturated rings. The molecule has 0 radical (unpaired) electrons. The van der Waals surface area contributed by atoms with E-state index < -0.39 is 6.04 Å². The third-order valence-electron chi connectivity index (χ3n) is 4.63. The zero-order valence-electron chi connectivity index (χ0n) is 14.8. The van der Waals surface area contributed by atoms with Crippen LogP contribution in [0.4, 0.5) is 5.69 Å².